The Balaban J connectivity index is 1.83. The number of benzene rings is 1. The number of fused-ring (bicyclic) bond motifs is 1. The molecule has 0 aliphatic carbocycles. The number of likely N-dealkylation sites (tertiary alicyclic amines) is 1. The van der Waals surface area contributed by atoms with Crippen LogP contribution in [-0.4, -0.2) is 41.0 Å². The van der Waals surface area contributed by atoms with Gasteiger partial charge in [-0.15, -0.1) is 23.5 Å². The Morgan fingerprint density at radius 1 is 1.22 bits per heavy atom. The molecule has 3 atom stereocenters. The number of aromatic nitrogens is 1. The number of piperidine rings is 1. The number of hydrogen-bond donors (Lipinski definition) is 1. The Morgan fingerprint density at radius 2 is 2.00 bits per heavy atom. The van der Waals surface area contributed by atoms with E-state index in [9.17, 15) is 10.5 Å². The van der Waals surface area contributed by atoms with E-state index in [0.717, 1.165) is 13.0 Å². The molecule has 2 fully saturated rings. The minimum Gasteiger partial charge on any atom is -0.357 e. The lowest BCUT2D eigenvalue weighted by molar-refractivity contribution is 0.140. The molecule has 2 saturated heterocycles. The van der Waals surface area contributed by atoms with Gasteiger partial charge in [-0.1, -0.05) is 18.2 Å². The molecule has 0 spiro atoms. The summed E-state index contributed by atoms with van der Waals surface area (Å²) in [6.45, 7) is 0.898. The highest BCUT2D eigenvalue weighted by Crippen LogP contribution is 2.50. The lowest BCUT2D eigenvalue weighted by Gasteiger charge is -2.40. The average Bonchev–Trinajstić information content (AvgIpc) is 3.09. The van der Waals surface area contributed by atoms with Gasteiger partial charge < -0.3 is 4.98 Å². The Morgan fingerprint density at radius 3 is 2.74 bits per heavy atom. The van der Waals surface area contributed by atoms with Crippen LogP contribution < -0.4 is 0 Å². The number of para-hydroxylation sites is 1. The predicted octanol–water partition coefficient (Wildman–Crippen LogP) is 4.88. The fourth-order valence-corrected chi connectivity index (χ4v) is 7.48. The van der Waals surface area contributed by atoms with E-state index in [1.165, 1.54) is 40.1 Å². The average molecular weight is 397 g/mol. The molecule has 1 N–H and O–H groups in total. The van der Waals surface area contributed by atoms with Gasteiger partial charge >= 0.3 is 0 Å². The molecule has 6 heteroatoms. The Bertz CT molecular complexity index is 888. The maximum atomic E-state index is 9.79. The molecule has 0 radical (unpaired) electrons. The number of rotatable bonds is 3. The van der Waals surface area contributed by atoms with Crippen LogP contribution >= 0.6 is 23.5 Å². The number of nitriles is 2. The van der Waals surface area contributed by atoms with Crippen molar-refractivity contribution < 1.29 is 0 Å². The minimum atomic E-state index is -0.198. The van der Waals surface area contributed by atoms with Crippen LogP contribution in [0.2, 0.25) is 0 Å². The van der Waals surface area contributed by atoms with E-state index in [0.29, 0.717) is 11.0 Å². The predicted molar refractivity (Wildman–Crippen MR) is 114 cm³/mol. The molecule has 4 rings (SSSR count). The molecular formula is C21H24N4S2. The van der Waals surface area contributed by atoms with Crippen molar-refractivity contribution in [3.63, 3.8) is 0 Å². The molecule has 1 aromatic carbocycles. The first-order valence-corrected chi connectivity index (χ1v) is 11.6. The molecular weight excluding hydrogens is 372 g/mol. The van der Waals surface area contributed by atoms with Crippen molar-refractivity contribution in [2.24, 2.45) is 5.92 Å². The standard InChI is InChI=1S/C21H24N4S2/c1-25-10-8-15(14(7-9-22)18(25)13-23)19-16-5-2-3-6-17(16)24-20(19)21-26-11-4-12-27-21/h2-3,5-6,14-15,18,21,24H,4,7-8,10-12H2,1H3/t14-,15+,18-/m1/s1. The van der Waals surface area contributed by atoms with Crippen LogP contribution in [0.25, 0.3) is 10.9 Å². The van der Waals surface area contributed by atoms with Crippen LogP contribution in [0.1, 0.15) is 41.0 Å². The number of aromatic amines is 1. The lowest BCUT2D eigenvalue weighted by atomic mass is 9.74. The van der Waals surface area contributed by atoms with Gasteiger partial charge in [-0.2, -0.15) is 10.5 Å². The van der Waals surface area contributed by atoms with Crippen molar-refractivity contribution in [1.82, 2.24) is 9.88 Å². The fourth-order valence-electron chi connectivity index (χ4n) is 4.58. The summed E-state index contributed by atoms with van der Waals surface area (Å²) >= 11 is 4.05. The van der Waals surface area contributed by atoms with Gasteiger partial charge in [-0.3, -0.25) is 4.90 Å². The smallest absolute Gasteiger partial charge is 0.102 e. The zero-order valence-corrected chi connectivity index (χ0v) is 17.2. The summed E-state index contributed by atoms with van der Waals surface area (Å²) in [5.41, 5.74) is 3.86. The third-order valence-corrected chi connectivity index (χ3v) is 8.80. The first-order chi connectivity index (χ1) is 13.2. The zero-order valence-electron chi connectivity index (χ0n) is 15.5. The summed E-state index contributed by atoms with van der Waals surface area (Å²) in [4.78, 5) is 5.84. The van der Waals surface area contributed by atoms with Crippen LogP contribution in [-0.2, 0) is 0 Å². The van der Waals surface area contributed by atoms with Gasteiger partial charge in [-0.25, -0.2) is 0 Å². The van der Waals surface area contributed by atoms with Crippen LogP contribution in [0.15, 0.2) is 24.3 Å². The zero-order chi connectivity index (χ0) is 18.8. The molecule has 2 aromatic rings. The van der Waals surface area contributed by atoms with E-state index >= 15 is 0 Å². The van der Waals surface area contributed by atoms with Gasteiger partial charge in [0.1, 0.15) is 6.04 Å². The van der Waals surface area contributed by atoms with Crippen molar-refractivity contribution >= 4 is 34.4 Å². The molecule has 4 nitrogen and oxygen atoms in total. The summed E-state index contributed by atoms with van der Waals surface area (Å²) in [5, 5.41) is 20.5. The summed E-state index contributed by atoms with van der Waals surface area (Å²) in [6.07, 6.45) is 2.69. The number of H-pyrrole nitrogens is 1. The van der Waals surface area contributed by atoms with Gasteiger partial charge in [0, 0.05) is 28.9 Å². The molecule has 1 aromatic heterocycles. The highest BCUT2D eigenvalue weighted by atomic mass is 32.2. The molecule has 0 saturated carbocycles. The van der Waals surface area contributed by atoms with E-state index in [1.807, 2.05) is 30.6 Å². The molecule has 0 bridgehead atoms. The summed E-state index contributed by atoms with van der Waals surface area (Å²) in [7, 11) is 2.01. The lowest BCUT2D eigenvalue weighted by Crippen LogP contribution is -2.45. The molecule has 27 heavy (non-hydrogen) atoms. The van der Waals surface area contributed by atoms with Crippen molar-refractivity contribution in [1.29, 1.82) is 10.5 Å². The van der Waals surface area contributed by atoms with Gasteiger partial charge in [0.25, 0.3) is 0 Å². The van der Waals surface area contributed by atoms with Gasteiger partial charge in [-0.05, 0) is 55.5 Å². The highest BCUT2D eigenvalue weighted by molar-refractivity contribution is 8.16. The van der Waals surface area contributed by atoms with Crippen LogP contribution in [0.4, 0.5) is 0 Å². The third-order valence-electron chi connectivity index (χ3n) is 5.86. The summed E-state index contributed by atoms with van der Waals surface area (Å²) in [5.74, 6) is 2.69. The van der Waals surface area contributed by atoms with Gasteiger partial charge in [0.15, 0.2) is 0 Å². The normalized spacial score (nSPS) is 27.3. The largest absolute Gasteiger partial charge is 0.357 e. The number of nitrogens with zero attached hydrogens (tertiary/aromatic N) is 3. The maximum absolute atomic E-state index is 9.79. The first kappa shape index (κ1) is 18.7. The van der Waals surface area contributed by atoms with Crippen LogP contribution in [0.3, 0.4) is 0 Å². The number of hydrogen-bond acceptors (Lipinski definition) is 5. The Labute approximate surface area is 169 Å². The van der Waals surface area contributed by atoms with Crippen molar-refractivity contribution in [2.75, 3.05) is 25.1 Å². The molecule has 2 aliphatic rings. The quantitative estimate of drug-likeness (QED) is 0.801. The Hall–Kier alpha value is -1.60. The summed E-state index contributed by atoms with van der Waals surface area (Å²) < 4.78 is 0.420. The SMILES string of the molecule is CN1CC[C@H](c2c(C3SCCCS3)[nH]c3ccccc23)[C@@H](CC#N)[C@H]1C#N. The van der Waals surface area contributed by atoms with E-state index < -0.39 is 0 Å². The van der Waals surface area contributed by atoms with E-state index in [2.05, 4.69) is 46.3 Å². The maximum Gasteiger partial charge on any atom is 0.102 e. The molecule has 2 aliphatic heterocycles. The summed E-state index contributed by atoms with van der Waals surface area (Å²) in [6, 6.07) is 13.2. The third kappa shape index (κ3) is 3.47. The van der Waals surface area contributed by atoms with Crippen molar-refractivity contribution in [2.45, 2.75) is 35.8 Å². The molecule has 0 unspecified atom stereocenters. The molecule has 140 valence electrons. The number of nitrogens with one attached hydrogen (secondary N) is 1. The molecule has 3 heterocycles. The minimum absolute atomic E-state index is 0.0512. The van der Waals surface area contributed by atoms with Gasteiger partial charge in [0.2, 0.25) is 0 Å². The van der Waals surface area contributed by atoms with Crippen LogP contribution in [0.5, 0.6) is 0 Å². The second-order valence-electron chi connectivity index (χ2n) is 7.40. The number of thioether (sulfide) groups is 2. The van der Waals surface area contributed by atoms with E-state index in [1.54, 1.807) is 0 Å². The topological polar surface area (TPSA) is 66.6 Å². The second kappa shape index (κ2) is 8.19. The fraction of sp³-hybridized carbons (Fsp3) is 0.524. The Kier molecular flexibility index (Phi) is 5.68. The molecule has 0 amide bonds. The van der Waals surface area contributed by atoms with E-state index in [4.69, 9.17) is 0 Å². The van der Waals surface area contributed by atoms with Crippen molar-refractivity contribution in [3.05, 3.63) is 35.5 Å². The van der Waals surface area contributed by atoms with Gasteiger partial charge in [0.05, 0.1) is 16.7 Å². The monoisotopic (exact) mass is 396 g/mol. The first-order valence-electron chi connectivity index (χ1n) is 9.55. The van der Waals surface area contributed by atoms with Crippen LogP contribution in [0, 0.1) is 28.6 Å². The highest BCUT2D eigenvalue weighted by Gasteiger charge is 2.40. The second-order valence-corrected chi connectivity index (χ2v) is 10.1. The van der Waals surface area contributed by atoms with Crippen molar-refractivity contribution in [3.8, 4) is 12.1 Å². The van der Waals surface area contributed by atoms with E-state index in [-0.39, 0.29) is 17.9 Å².